The van der Waals surface area contributed by atoms with Crippen molar-refractivity contribution in [3.05, 3.63) is 78.6 Å². The highest BCUT2D eigenvalue weighted by Crippen LogP contribution is 2.36. The average molecular weight is 342 g/mol. The van der Waals surface area contributed by atoms with Crippen LogP contribution in [0.1, 0.15) is 25.5 Å². The van der Waals surface area contributed by atoms with Gasteiger partial charge in [-0.1, -0.05) is 67.9 Å². The molecule has 26 heavy (non-hydrogen) atoms. The van der Waals surface area contributed by atoms with E-state index >= 15 is 0 Å². The number of phenolic OH excluding ortho intramolecular Hbond substituents is 1. The van der Waals surface area contributed by atoms with Gasteiger partial charge in [-0.25, -0.2) is 0 Å². The van der Waals surface area contributed by atoms with Gasteiger partial charge in [0, 0.05) is 17.4 Å². The van der Waals surface area contributed by atoms with E-state index < -0.39 is 0 Å². The van der Waals surface area contributed by atoms with Crippen LogP contribution >= 0.6 is 0 Å². The SMILES string of the molecule is CCCCc1oc2ccccc2c1-c1ccc(-c2ccc(O)cc2)cc1. The minimum atomic E-state index is 0.288. The van der Waals surface area contributed by atoms with Crippen molar-refractivity contribution in [1.82, 2.24) is 0 Å². The Kier molecular flexibility index (Phi) is 4.49. The summed E-state index contributed by atoms with van der Waals surface area (Å²) >= 11 is 0. The molecule has 1 heterocycles. The van der Waals surface area contributed by atoms with E-state index in [2.05, 4.69) is 43.3 Å². The molecule has 0 radical (unpaired) electrons. The van der Waals surface area contributed by atoms with E-state index in [1.165, 1.54) is 16.5 Å². The number of para-hydroxylation sites is 1. The van der Waals surface area contributed by atoms with Crippen molar-refractivity contribution >= 4 is 11.0 Å². The maximum atomic E-state index is 9.46. The maximum absolute atomic E-state index is 9.46. The van der Waals surface area contributed by atoms with Crippen molar-refractivity contribution in [3.8, 4) is 28.0 Å². The summed E-state index contributed by atoms with van der Waals surface area (Å²) in [6, 6.07) is 24.2. The summed E-state index contributed by atoms with van der Waals surface area (Å²) in [4.78, 5) is 0. The molecule has 0 aliphatic carbocycles. The summed E-state index contributed by atoms with van der Waals surface area (Å²) in [6.07, 6.45) is 3.23. The molecule has 0 atom stereocenters. The molecule has 130 valence electrons. The van der Waals surface area contributed by atoms with E-state index in [1.54, 1.807) is 12.1 Å². The summed E-state index contributed by atoms with van der Waals surface area (Å²) in [5, 5.41) is 10.6. The highest BCUT2D eigenvalue weighted by Gasteiger charge is 2.15. The fourth-order valence-electron chi connectivity index (χ4n) is 3.41. The van der Waals surface area contributed by atoms with Gasteiger partial charge in [0.25, 0.3) is 0 Å². The molecule has 0 bridgehead atoms. The van der Waals surface area contributed by atoms with Crippen LogP contribution in [0.2, 0.25) is 0 Å². The Hall–Kier alpha value is -3.00. The second kappa shape index (κ2) is 7.09. The third-order valence-corrected chi connectivity index (χ3v) is 4.80. The molecule has 0 spiro atoms. The molecule has 4 aromatic rings. The van der Waals surface area contributed by atoms with Gasteiger partial charge in [0.2, 0.25) is 0 Å². The number of aromatic hydroxyl groups is 1. The number of benzene rings is 3. The van der Waals surface area contributed by atoms with Gasteiger partial charge >= 0.3 is 0 Å². The van der Waals surface area contributed by atoms with Crippen LogP contribution in [0.3, 0.4) is 0 Å². The van der Waals surface area contributed by atoms with Gasteiger partial charge in [-0.15, -0.1) is 0 Å². The predicted molar refractivity (Wildman–Crippen MR) is 107 cm³/mol. The molecule has 0 amide bonds. The third kappa shape index (κ3) is 3.11. The topological polar surface area (TPSA) is 33.4 Å². The lowest BCUT2D eigenvalue weighted by molar-refractivity contribution is 0.475. The van der Waals surface area contributed by atoms with E-state index in [0.29, 0.717) is 0 Å². The number of rotatable bonds is 5. The number of aryl methyl sites for hydroxylation is 1. The van der Waals surface area contributed by atoms with Crippen molar-refractivity contribution in [2.75, 3.05) is 0 Å². The highest BCUT2D eigenvalue weighted by molar-refractivity contribution is 5.96. The quantitative estimate of drug-likeness (QED) is 0.432. The number of unbranched alkanes of at least 4 members (excludes halogenated alkanes) is 1. The summed E-state index contributed by atoms with van der Waals surface area (Å²) in [5.74, 6) is 1.36. The average Bonchev–Trinajstić information content (AvgIpc) is 3.05. The van der Waals surface area contributed by atoms with E-state index in [4.69, 9.17) is 4.42 Å². The smallest absolute Gasteiger partial charge is 0.134 e. The van der Waals surface area contributed by atoms with Crippen molar-refractivity contribution in [2.45, 2.75) is 26.2 Å². The minimum Gasteiger partial charge on any atom is -0.508 e. The Morgan fingerprint density at radius 3 is 2.08 bits per heavy atom. The molecule has 0 fully saturated rings. The van der Waals surface area contributed by atoms with E-state index in [-0.39, 0.29) is 5.75 Å². The van der Waals surface area contributed by atoms with Gasteiger partial charge in [-0.3, -0.25) is 0 Å². The van der Waals surface area contributed by atoms with Crippen LogP contribution in [0.5, 0.6) is 5.75 Å². The van der Waals surface area contributed by atoms with Crippen molar-refractivity contribution in [3.63, 3.8) is 0 Å². The number of fused-ring (bicyclic) bond motifs is 1. The Morgan fingerprint density at radius 1 is 0.769 bits per heavy atom. The largest absolute Gasteiger partial charge is 0.508 e. The third-order valence-electron chi connectivity index (χ3n) is 4.80. The lowest BCUT2D eigenvalue weighted by atomic mass is 9.97. The zero-order valence-corrected chi connectivity index (χ0v) is 14.9. The molecule has 0 aliphatic rings. The van der Waals surface area contributed by atoms with Gasteiger partial charge in [0.1, 0.15) is 17.1 Å². The lowest BCUT2D eigenvalue weighted by Crippen LogP contribution is -1.87. The highest BCUT2D eigenvalue weighted by atomic mass is 16.3. The Morgan fingerprint density at radius 2 is 1.38 bits per heavy atom. The van der Waals surface area contributed by atoms with Crippen LogP contribution in [0.4, 0.5) is 0 Å². The number of hydrogen-bond donors (Lipinski definition) is 1. The zero-order chi connectivity index (χ0) is 17.9. The first-order valence-corrected chi connectivity index (χ1v) is 9.16. The second-order valence-electron chi connectivity index (χ2n) is 6.62. The second-order valence-corrected chi connectivity index (χ2v) is 6.62. The molecule has 3 aromatic carbocycles. The fourth-order valence-corrected chi connectivity index (χ4v) is 3.41. The number of phenols is 1. The Bertz CT molecular complexity index is 1010. The van der Waals surface area contributed by atoms with Crippen LogP contribution in [-0.4, -0.2) is 5.11 Å². The molecule has 1 N–H and O–H groups in total. The predicted octanol–water partition coefficient (Wildman–Crippen LogP) is 6.82. The number of furan rings is 1. The van der Waals surface area contributed by atoms with E-state index in [1.807, 2.05) is 24.3 Å². The first-order chi connectivity index (χ1) is 12.8. The van der Waals surface area contributed by atoms with E-state index in [0.717, 1.165) is 41.7 Å². The molecule has 0 saturated heterocycles. The normalized spacial score (nSPS) is 11.1. The van der Waals surface area contributed by atoms with Crippen LogP contribution in [0.25, 0.3) is 33.2 Å². The summed E-state index contributed by atoms with van der Waals surface area (Å²) < 4.78 is 6.16. The first-order valence-electron chi connectivity index (χ1n) is 9.16. The molecule has 1 aromatic heterocycles. The molecule has 4 rings (SSSR count). The lowest BCUT2D eigenvalue weighted by Gasteiger charge is -2.06. The molecule has 0 saturated carbocycles. The van der Waals surface area contributed by atoms with Gasteiger partial charge in [0.15, 0.2) is 0 Å². The molecule has 0 aliphatic heterocycles. The van der Waals surface area contributed by atoms with Gasteiger partial charge in [-0.05, 0) is 41.3 Å². The van der Waals surface area contributed by atoms with Crippen molar-refractivity contribution in [2.24, 2.45) is 0 Å². The van der Waals surface area contributed by atoms with Crippen LogP contribution < -0.4 is 0 Å². The molecule has 2 nitrogen and oxygen atoms in total. The first kappa shape index (κ1) is 16.5. The van der Waals surface area contributed by atoms with Gasteiger partial charge in [0.05, 0.1) is 0 Å². The Balaban J connectivity index is 1.76. The van der Waals surface area contributed by atoms with Crippen molar-refractivity contribution < 1.29 is 9.52 Å². The standard InChI is InChI=1S/C24H22O2/c1-2-3-7-23-24(21-6-4-5-8-22(21)26-23)19-11-9-17(10-12-19)18-13-15-20(25)16-14-18/h4-6,8-16,25H,2-3,7H2,1H3. The Labute approximate surface area is 153 Å². The number of hydrogen-bond acceptors (Lipinski definition) is 2. The van der Waals surface area contributed by atoms with E-state index in [9.17, 15) is 5.11 Å². The molecule has 0 unspecified atom stereocenters. The monoisotopic (exact) mass is 342 g/mol. The summed E-state index contributed by atoms with van der Waals surface area (Å²) in [5.41, 5.74) is 5.58. The van der Waals surface area contributed by atoms with Gasteiger partial charge < -0.3 is 9.52 Å². The fraction of sp³-hybridized carbons (Fsp3) is 0.167. The molecular formula is C24H22O2. The summed E-state index contributed by atoms with van der Waals surface area (Å²) in [7, 11) is 0. The minimum absolute atomic E-state index is 0.288. The zero-order valence-electron chi connectivity index (χ0n) is 14.9. The van der Waals surface area contributed by atoms with Gasteiger partial charge in [-0.2, -0.15) is 0 Å². The van der Waals surface area contributed by atoms with Crippen LogP contribution in [0.15, 0.2) is 77.2 Å². The summed E-state index contributed by atoms with van der Waals surface area (Å²) in [6.45, 7) is 2.20. The molecular weight excluding hydrogens is 320 g/mol. The molecule has 2 heteroatoms. The van der Waals surface area contributed by atoms with Crippen molar-refractivity contribution in [1.29, 1.82) is 0 Å². The maximum Gasteiger partial charge on any atom is 0.134 e. The van der Waals surface area contributed by atoms with Crippen LogP contribution in [0, 0.1) is 0 Å². The van der Waals surface area contributed by atoms with Crippen LogP contribution in [-0.2, 0) is 6.42 Å².